The molecule has 1 aromatic heterocycles. The quantitative estimate of drug-likeness (QED) is 0.946. The maximum atomic E-state index is 12.0. The minimum atomic E-state index is -3.69. The number of hydrogen-bond donors (Lipinski definition) is 1. The van der Waals surface area contributed by atoms with E-state index in [0.29, 0.717) is 4.34 Å². The van der Waals surface area contributed by atoms with Crippen molar-refractivity contribution in [3.05, 3.63) is 46.3 Å². The van der Waals surface area contributed by atoms with Gasteiger partial charge in [-0.3, -0.25) is 4.72 Å². The molecule has 92 valence electrons. The van der Waals surface area contributed by atoms with Crippen LogP contribution in [0.15, 0.2) is 40.6 Å². The average molecular weight is 299 g/mol. The van der Waals surface area contributed by atoms with E-state index in [1.165, 1.54) is 18.2 Å². The van der Waals surface area contributed by atoms with Crippen molar-refractivity contribution in [1.82, 2.24) is 0 Å². The smallest absolute Gasteiger partial charge is 0.271 e. The monoisotopic (exact) mass is 298 g/mol. The van der Waals surface area contributed by atoms with Gasteiger partial charge in [-0.2, -0.15) is 5.26 Å². The fraction of sp³-hybridized carbons (Fsp3) is 0. The average Bonchev–Trinajstić information content (AvgIpc) is 2.77. The van der Waals surface area contributed by atoms with Crippen molar-refractivity contribution < 1.29 is 8.42 Å². The van der Waals surface area contributed by atoms with Crippen LogP contribution in [-0.2, 0) is 10.0 Å². The van der Waals surface area contributed by atoms with E-state index in [1.54, 1.807) is 18.2 Å². The summed E-state index contributed by atoms with van der Waals surface area (Å²) >= 11 is 6.66. The van der Waals surface area contributed by atoms with Gasteiger partial charge >= 0.3 is 0 Å². The van der Waals surface area contributed by atoms with Crippen molar-refractivity contribution in [2.75, 3.05) is 4.72 Å². The largest absolute Gasteiger partial charge is 0.278 e. The number of rotatable bonds is 3. The zero-order chi connectivity index (χ0) is 13.2. The standard InChI is InChI=1S/C11H7ClN2O2S2/c12-10-5-6-11(17-10)18(15,16)14-9-4-2-1-3-8(9)7-13/h1-6,14H. The third-order valence-electron chi connectivity index (χ3n) is 2.11. The molecular weight excluding hydrogens is 292 g/mol. The number of benzene rings is 1. The molecule has 0 bridgehead atoms. The lowest BCUT2D eigenvalue weighted by molar-refractivity contribution is 0.603. The molecule has 0 amide bonds. The van der Waals surface area contributed by atoms with Gasteiger partial charge in [0.15, 0.2) is 0 Å². The minimum Gasteiger partial charge on any atom is -0.278 e. The lowest BCUT2D eigenvalue weighted by Gasteiger charge is -2.07. The minimum absolute atomic E-state index is 0.111. The number of nitrogens with one attached hydrogen (secondary N) is 1. The molecule has 2 aromatic rings. The number of sulfonamides is 1. The molecule has 0 radical (unpaired) electrons. The van der Waals surface area contributed by atoms with Crippen molar-refractivity contribution in [1.29, 1.82) is 5.26 Å². The summed E-state index contributed by atoms with van der Waals surface area (Å²) in [5.41, 5.74) is 0.522. The van der Waals surface area contributed by atoms with Crippen molar-refractivity contribution >= 4 is 38.6 Å². The molecule has 0 aliphatic heterocycles. The molecule has 1 aromatic carbocycles. The van der Waals surface area contributed by atoms with E-state index >= 15 is 0 Å². The fourth-order valence-electron chi connectivity index (χ4n) is 1.31. The molecule has 1 N–H and O–H groups in total. The van der Waals surface area contributed by atoms with Crippen LogP contribution in [0.2, 0.25) is 4.34 Å². The Balaban J connectivity index is 2.37. The predicted octanol–water partition coefficient (Wildman–Crippen LogP) is 3.07. The Morgan fingerprint density at radius 3 is 2.56 bits per heavy atom. The van der Waals surface area contributed by atoms with Crippen molar-refractivity contribution in [3.8, 4) is 6.07 Å². The fourth-order valence-corrected chi connectivity index (χ4v) is 3.87. The molecule has 0 spiro atoms. The molecular formula is C11H7ClN2O2S2. The summed E-state index contributed by atoms with van der Waals surface area (Å²) in [6.45, 7) is 0. The van der Waals surface area contributed by atoms with E-state index < -0.39 is 10.0 Å². The zero-order valence-electron chi connectivity index (χ0n) is 8.92. The van der Waals surface area contributed by atoms with Gasteiger partial charge in [0.05, 0.1) is 15.6 Å². The molecule has 4 nitrogen and oxygen atoms in total. The van der Waals surface area contributed by atoms with E-state index in [4.69, 9.17) is 16.9 Å². The first-order chi connectivity index (χ1) is 8.53. The molecule has 0 saturated heterocycles. The van der Waals surface area contributed by atoms with Gasteiger partial charge in [0.2, 0.25) is 0 Å². The molecule has 1 heterocycles. The Bertz CT molecular complexity index is 717. The second kappa shape index (κ2) is 4.98. The molecule has 7 heteroatoms. The lowest BCUT2D eigenvalue weighted by atomic mass is 10.2. The number of para-hydroxylation sites is 1. The first-order valence-electron chi connectivity index (χ1n) is 4.80. The van der Waals surface area contributed by atoms with Crippen LogP contribution in [-0.4, -0.2) is 8.42 Å². The number of thiophene rings is 1. The van der Waals surface area contributed by atoms with Crippen LogP contribution >= 0.6 is 22.9 Å². The van der Waals surface area contributed by atoms with Crippen LogP contribution < -0.4 is 4.72 Å². The molecule has 0 aliphatic rings. The van der Waals surface area contributed by atoms with Crippen LogP contribution in [0.25, 0.3) is 0 Å². The first kappa shape index (κ1) is 12.9. The van der Waals surface area contributed by atoms with Gasteiger partial charge in [0, 0.05) is 0 Å². The van der Waals surface area contributed by atoms with E-state index in [2.05, 4.69) is 4.72 Å². The summed E-state index contributed by atoms with van der Waals surface area (Å²) in [6.07, 6.45) is 0. The highest BCUT2D eigenvalue weighted by Crippen LogP contribution is 2.27. The van der Waals surface area contributed by atoms with E-state index in [0.717, 1.165) is 11.3 Å². The maximum absolute atomic E-state index is 12.0. The van der Waals surface area contributed by atoms with Gasteiger partial charge in [0.25, 0.3) is 10.0 Å². The van der Waals surface area contributed by atoms with Gasteiger partial charge in [-0.25, -0.2) is 8.42 Å². The van der Waals surface area contributed by atoms with E-state index in [-0.39, 0.29) is 15.5 Å². The summed E-state index contributed by atoms with van der Waals surface area (Å²) in [4.78, 5) is 0. The maximum Gasteiger partial charge on any atom is 0.271 e. The molecule has 0 unspecified atom stereocenters. The summed E-state index contributed by atoms with van der Waals surface area (Å²) in [6, 6.07) is 11.2. The molecule has 0 aliphatic carbocycles. The van der Waals surface area contributed by atoms with Gasteiger partial charge in [-0.15, -0.1) is 11.3 Å². The first-order valence-corrected chi connectivity index (χ1v) is 7.48. The Labute approximate surface area is 114 Å². The third-order valence-corrected chi connectivity index (χ3v) is 5.19. The van der Waals surface area contributed by atoms with Crippen LogP contribution in [0.4, 0.5) is 5.69 Å². The Morgan fingerprint density at radius 1 is 1.22 bits per heavy atom. The molecule has 18 heavy (non-hydrogen) atoms. The normalized spacial score (nSPS) is 10.9. The van der Waals surface area contributed by atoms with Crippen molar-refractivity contribution in [2.45, 2.75) is 4.21 Å². The van der Waals surface area contributed by atoms with E-state index in [9.17, 15) is 8.42 Å². The predicted molar refractivity (Wildman–Crippen MR) is 71.3 cm³/mol. The zero-order valence-corrected chi connectivity index (χ0v) is 11.3. The Kier molecular flexibility index (Phi) is 3.57. The number of nitrogens with zero attached hydrogens (tertiary/aromatic N) is 1. The highest BCUT2D eigenvalue weighted by atomic mass is 35.5. The highest BCUT2D eigenvalue weighted by molar-refractivity contribution is 7.94. The topological polar surface area (TPSA) is 70.0 Å². The Morgan fingerprint density at radius 2 is 1.94 bits per heavy atom. The second-order valence-corrected chi connectivity index (χ2v) is 6.95. The van der Waals surface area contributed by atoms with Gasteiger partial charge < -0.3 is 0 Å². The summed E-state index contributed by atoms with van der Waals surface area (Å²) in [5, 5.41) is 8.89. The number of anilines is 1. The number of nitriles is 1. The molecule has 0 fully saturated rings. The second-order valence-electron chi connectivity index (χ2n) is 3.32. The third kappa shape index (κ3) is 2.64. The number of halogens is 1. The van der Waals surface area contributed by atoms with E-state index in [1.807, 2.05) is 6.07 Å². The van der Waals surface area contributed by atoms with Crippen LogP contribution in [0.3, 0.4) is 0 Å². The van der Waals surface area contributed by atoms with Gasteiger partial charge in [-0.05, 0) is 24.3 Å². The lowest BCUT2D eigenvalue weighted by Crippen LogP contribution is -2.12. The van der Waals surface area contributed by atoms with Gasteiger partial charge in [0.1, 0.15) is 10.3 Å². The number of hydrogen-bond acceptors (Lipinski definition) is 4. The van der Waals surface area contributed by atoms with Crippen LogP contribution in [0.5, 0.6) is 0 Å². The van der Waals surface area contributed by atoms with Crippen molar-refractivity contribution in [3.63, 3.8) is 0 Å². The Hall–Kier alpha value is -1.55. The molecule has 0 atom stereocenters. The summed E-state index contributed by atoms with van der Waals surface area (Å²) in [7, 11) is -3.69. The van der Waals surface area contributed by atoms with Crippen LogP contribution in [0.1, 0.15) is 5.56 Å². The molecule has 2 rings (SSSR count). The SMILES string of the molecule is N#Cc1ccccc1NS(=O)(=O)c1ccc(Cl)s1. The highest BCUT2D eigenvalue weighted by Gasteiger charge is 2.17. The van der Waals surface area contributed by atoms with Crippen LogP contribution in [0, 0.1) is 11.3 Å². The van der Waals surface area contributed by atoms with Gasteiger partial charge in [-0.1, -0.05) is 23.7 Å². The summed E-state index contributed by atoms with van der Waals surface area (Å²) in [5.74, 6) is 0. The summed E-state index contributed by atoms with van der Waals surface area (Å²) < 4.78 is 26.9. The van der Waals surface area contributed by atoms with Crippen molar-refractivity contribution in [2.24, 2.45) is 0 Å². The molecule has 0 saturated carbocycles.